The molecule has 1 aliphatic carbocycles. The van der Waals surface area contributed by atoms with Gasteiger partial charge in [-0.2, -0.15) is 0 Å². The van der Waals surface area contributed by atoms with Crippen LogP contribution >= 0.6 is 0 Å². The van der Waals surface area contributed by atoms with Crippen molar-refractivity contribution in [2.45, 2.75) is 77.4 Å². The van der Waals surface area contributed by atoms with Crippen LogP contribution in [-0.2, 0) is 0 Å². The topological polar surface area (TPSA) is 32.3 Å². The highest BCUT2D eigenvalue weighted by atomic mass is 16.3. The minimum absolute atomic E-state index is 0.207. The Morgan fingerprint density at radius 3 is 2.75 bits per heavy atom. The van der Waals surface area contributed by atoms with Gasteiger partial charge in [0.05, 0.1) is 6.10 Å². The van der Waals surface area contributed by atoms with Crippen molar-refractivity contribution in [3.8, 4) is 0 Å². The van der Waals surface area contributed by atoms with Crippen LogP contribution in [0.15, 0.2) is 0 Å². The van der Waals surface area contributed by atoms with Crippen molar-refractivity contribution >= 4 is 0 Å². The normalized spacial score (nSPS) is 27.2. The molecule has 0 aromatic carbocycles. The van der Waals surface area contributed by atoms with E-state index in [1.807, 2.05) is 6.92 Å². The Bertz CT molecular complexity index is 170. The Kier molecular flexibility index (Phi) is 7.06. The molecule has 3 atom stereocenters. The number of aliphatic hydroxyl groups excluding tert-OH is 1. The van der Waals surface area contributed by atoms with E-state index in [0.717, 1.165) is 12.5 Å². The Labute approximate surface area is 101 Å². The first-order chi connectivity index (χ1) is 7.74. The van der Waals surface area contributed by atoms with Crippen LogP contribution in [0.5, 0.6) is 0 Å². The van der Waals surface area contributed by atoms with E-state index in [2.05, 4.69) is 12.2 Å². The molecule has 0 radical (unpaired) electrons. The zero-order valence-corrected chi connectivity index (χ0v) is 11.0. The summed E-state index contributed by atoms with van der Waals surface area (Å²) in [6.45, 7) is 4.89. The number of unbranched alkanes of at least 4 members (excludes halogenated alkanes) is 3. The summed E-state index contributed by atoms with van der Waals surface area (Å²) in [6.07, 6.45) is 10.8. The second-order valence-corrected chi connectivity index (χ2v) is 5.40. The molecule has 1 saturated carbocycles. The van der Waals surface area contributed by atoms with E-state index in [-0.39, 0.29) is 6.10 Å². The lowest BCUT2D eigenvalue weighted by atomic mass is 9.96. The SMILES string of the molecule is CCCCCCC1CCCC1NC[C@H](C)O. The zero-order chi connectivity index (χ0) is 11.8. The van der Waals surface area contributed by atoms with Crippen LogP contribution in [0, 0.1) is 5.92 Å². The second-order valence-electron chi connectivity index (χ2n) is 5.40. The average Bonchev–Trinajstić information content (AvgIpc) is 2.69. The molecule has 96 valence electrons. The number of aliphatic hydroxyl groups is 1. The predicted octanol–water partition coefficient (Wildman–Crippen LogP) is 3.10. The molecule has 2 nitrogen and oxygen atoms in total. The van der Waals surface area contributed by atoms with Gasteiger partial charge < -0.3 is 10.4 Å². The predicted molar refractivity (Wildman–Crippen MR) is 69.6 cm³/mol. The summed E-state index contributed by atoms with van der Waals surface area (Å²) in [6, 6.07) is 0.677. The number of rotatable bonds is 8. The van der Waals surface area contributed by atoms with E-state index in [4.69, 9.17) is 0 Å². The van der Waals surface area contributed by atoms with Gasteiger partial charge in [0, 0.05) is 12.6 Å². The molecule has 0 amide bonds. The fourth-order valence-corrected chi connectivity index (χ4v) is 2.81. The molecule has 16 heavy (non-hydrogen) atoms. The summed E-state index contributed by atoms with van der Waals surface area (Å²) >= 11 is 0. The molecule has 0 bridgehead atoms. The molecular formula is C14H29NO. The summed E-state index contributed by atoms with van der Waals surface area (Å²) in [4.78, 5) is 0. The van der Waals surface area contributed by atoms with Crippen molar-refractivity contribution in [2.75, 3.05) is 6.54 Å². The summed E-state index contributed by atoms with van der Waals surface area (Å²) in [7, 11) is 0. The molecule has 2 N–H and O–H groups in total. The molecule has 0 aliphatic heterocycles. The Balaban J connectivity index is 2.13. The van der Waals surface area contributed by atoms with Crippen molar-refractivity contribution in [2.24, 2.45) is 5.92 Å². The largest absolute Gasteiger partial charge is 0.392 e. The van der Waals surface area contributed by atoms with Gasteiger partial charge in [0.1, 0.15) is 0 Å². The van der Waals surface area contributed by atoms with Gasteiger partial charge in [0.15, 0.2) is 0 Å². The summed E-state index contributed by atoms with van der Waals surface area (Å²) in [5, 5.41) is 12.8. The molecule has 0 aromatic rings. The molecule has 1 rings (SSSR count). The molecule has 0 saturated heterocycles. The third-order valence-electron chi connectivity index (χ3n) is 3.76. The van der Waals surface area contributed by atoms with Gasteiger partial charge in [0.2, 0.25) is 0 Å². The van der Waals surface area contributed by atoms with Crippen LogP contribution in [0.1, 0.15) is 65.2 Å². The van der Waals surface area contributed by atoms with Crippen LogP contribution < -0.4 is 5.32 Å². The summed E-state index contributed by atoms with van der Waals surface area (Å²) < 4.78 is 0. The van der Waals surface area contributed by atoms with E-state index < -0.39 is 0 Å². The van der Waals surface area contributed by atoms with Crippen molar-refractivity contribution in [1.82, 2.24) is 5.32 Å². The second kappa shape index (κ2) is 8.08. The van der Waals surface area contributed by atoms with Gasteiger partial charge in [-0.25, -0.2) is 0 Å². The molecule has 0 aromatic heterocycles. The fraction of sp³-hybridized carbons (Fsp3) is 1.00. The van der Waals surface area contributed by atoms with Crippen molar-refractivity contribution in [3.05, 3.63) is 0 Å². The van der Waals surface area contributed by atoms with E-state index in [0.29, 0.717) is 6.04 Å². The minimum Gasteiger partial charge on any atom is -0.392 e. The van der Waals surface area contributed by atoms with E-state index in [1.165, 1.54) is 51.4 Å². The first-order valence-electron chi connectivity index (χ1n) is 7.15. The third-order valence-corrected chi connectivity index (χ3v) is 3.76. The number of hydrogen-bond acceptors (Lipinski definition) is 2. The van der Waals surface area contributed by atoms with Crippen LogP contribution in [0.3, 0.4) is 0 Å². The molecular weight excluding hydrogens is 198 g/mol. The van der Waals surface area contributed by atoms with Crippen molar-refractivity contribution < 1.29 is 5.11 Å². The van der Waals surface area contributed by atoms with E-state index >= 15 is 0 Å². The first-order valence-corrected chi connectivity index (χ1v) is 7.15. The Morgan fingerprint density at radius 1 is 1.25 bits per heavy atom. The smallest absolute Gasteiger partial charge is 0.0636 e. The monoisotopic (exact) mass is 227 g/mol. The lowest BCUT2D eigenvalue weighted by Crippen LogP contribution is -2.36. The fourth-order valence-electron chi connectivity index (χ4n) is 2.81. The highest BCUT2D eigenvalue weighted by molar-refractivity contribution is 4.83. The van der Waals surface area contributed by atoms with E-state index in [1.54, 1.807) is 0 Å². The Morgan fingerprint density at radius 2 is 2.06 bits per heavy atom. The lowest BCUT2D eigenvalue weighted by molar-refractivity contribution is 0.181. The van der Waals surface area contributed by atoms with Crippen LogP contribution in [0.2, 0.25) is 0 Å². The minimum atomic E-state index is -0.207. The van der Waals surface area contributed by atoms with Crippen LogP contribution in [0.4, 0.5) is 0 Å². The number of nitrogens with one attached hydrogen (secondary N) is 1. The van der Waals surface area contributed by atoms with Gasteiger partial charge in [-0.05, 0) is 32.1 Å². The maximum Gasteiger partial charge on any atom is 0.0636 e. The molecule has 2 heteroatoms. The standard InChI is InChI=1S/C14H29NO/c1-3-4-5-6-8-13-9-7-10-14(13)15-11-12(2)16/h12-16H,3-11H2,1-2H3/t12-,13?,14?/m0/s1. The maximum atomic E-state index is 9.28. The summed E-state index contributed by atoms with van der Waals surface area (Å²) in [5.74, 6) is 0.871. The van der Waals surface area contributed by atoms with Gasteiger partial charge >= 0.3 is 0 Å². The van der Waals surface area contributed by atoms with Gasteiger partial charge in [-0.3, -0.25) is 0 Å². The van der Waals surface area contributed by atoms with E-state index in [9.17, 15) is 5.11 Å². The molecule has 0 spiro atoms. The molecule has 2 unspecified atom stereocenters. The Hall–Kier alpha value is -0.0800. The first kappa shape index (κ1) is 14.0. The lowest BCUT2D eigenvalue weighted by Gasteiger charge is -2.21. The van der Waals surface area contributed by atoms with Crippen molar-refractivity contribution in [1.29, 1.82) is 0 Å². The summed E-state index contributed by atoms with van der Waals surface area (Å²) in [5.41, 5.74) is 0. The highest BCUT2D eigenvalue weighted by Crippen LogP contribution is 2.30. The molecule has 0 heterocycles. The van der Waals surface area contributed by atoms with Gasteiger partial charge in [0.25, 0.3) is 0 Å². The maximum absolute atomic E-state index is 9.28. The zero-order valence-electron chi connectivity index (χ0n) is 11.0. The van der Waals surface area contributed by atoms with Crippen LogP contribution in [0.25, 0.3) is 0 Å². The average molecular weight is 227 g/mol. The quantitative estimate of drug-likeness (QED) is 0.625. The molecule has 1 aliphatic rings. The van der Waals surface area contributed by atoms with Gasteiger partial charge in [-0.1, -0.05) is 39.0 Å². The van der Waals surface area contributed by atoms with Crippen LogP contribution in [-0.4, -0.2) is 23.8 Å². The third kappa shape index (κ3) is 5.31. The number of hydrogen-bond donors (Lipinski definition) is 2. The van der Waals surface area contributed by atoms with Gasteiger partial charge in [-0.15, -0.1) is 0 Å². The van der Waals surface area contributed by atoms with Crippen molar-refractivity contribution in [3.63, 3.8) is 0 Å². The molecule has 1 fully saturated rings. The highest BCUT2D eigenvalue weighted by Gasteiger charge is 2.26.